The zero-order chi connectivity index (χ0) is 12.8. The van der Waals surface area contributed by atoms with Gasteiger partial charge in [0.2, 0.25) is 5.78 Å². The Kier molecular flexibility index (Phi) is 2.61. The molecule has 0 saturated heterocycles. The van der Waals surface area contributed by atoms with Gasteiger partial charge in [-0.25, -0.2) is 0 Å². The molecule has 17 heavy (non-hydrogen) atoms. The fourth-order valence-corrected chi connectivity index (χ4v) is 1.82. The molecule has 0 spiro atoms. The first-order valence-electron chi connectivity index (χ1n) is 5.85. The van der Waals surface area contributed by atoms with Gasteiger partial charge in [-0.2, -0.15) is 0 Å². The minimum absolute atomic E-state index is 0.0470. The number of Topliss-reactive ketones (excluding diaryl/α,β-unsaturated/α-hetero) is 1. The minimum atomic E-state index is -0.406. The van der Waals surface area contributed by atoms with E-state index in [0.29, 0.717) is 5.76 Å². The maximum Gasteiger partial charge on any atom is 0.203 e. The van der Waals surface area contributed by atoms with Crippen molar-refractivity contribution in [1.82, 2.24) is 0 Å². The number of fused-ring (bicyclic) bond motifs is 1. The third-order valence-corrected chi connectivity index (χ3v) is 3.11. The van der Waals surface area contributed by atoms with Crippen LogP contribution >= 0.6 is 0 Å². The largest absolute Gasteiger partial charge is 0.453 e. The molecule has 0 fully saturated rings. The second-order valence-corrected chi connectivity index (χ2v) is 5.62. The van der Waals surface area contributed by atoms with Gasteiger partial charge in [-0.3, -0.25) is 4.79 Å². The molecule has 0 radical (unpaired) electrons. The molecular weight excluding hydrogens is 212 g/mol. The summed E-state index contributed by atoms with van der Waals surface area (Å²) < 4.78 is 5.72. The number of ketones is 1. The number of benzene rings is 1. The number of carbonyl (C=O) groups excluding carboxylic acids is 1. The van der Waals surface area contributed by atoms with E-state index in [2.05, 4.69) is 6.07 Å². The summed E-state index contributed by atoms with van der Waals surface area (Å²) in [6.45, 7) is 9.77. The minimum Gasteiger partial charge on any atom is -0.453 e. The summed E-state index contributed by atoms with van der Waals surface area (Å²) in [5.41, 5.74) is 2.71. The van der Waals surface area contributed by atoms with E-state index >= 15 is 0 Å². The van der Waals surface area contributed by atoms with E-state index in [1.54, 1.807) is 0 Å². The summed E-state index contributed by atoms with van der Waals surface area (Å²) in [5, 5.41) is 1.00. The Labute approximate surface area is 102 Å². The summed E-state index contributed by atoms with van der Waals surface area (Å²) in [7, 11) is 0. The number of furan rings is 1. The van der Waals surface area contributed by atoms with E-state index in [1.165, 1.54) is 5.56 Å². The van der Waals surface area contributed by atoms with Crippen LogP contribution < -0.4 is 0 Å². The number of carbonyl (C=O) groups is 1. The Bertz CT molecular complexity index is 583. The van der Waals surface area contributed by atoms with E-state index < -0.39 is 5.41 Å². The van der Waals surface area contributed by atoms with Gasteiger partial charge in [0.05, 0.1) is 0 Å². The molecule has 0 atom stereocenters. The van der Waals surface area contributed by atoms with Crippen LogP contribution in [0.4, 0.5) is 0 Å². The van der Waals surface area contributed by atoms with Gasteiger partial charge in [0, 0.05) is 10.8 Å². The topological polar surface area (TPSA) is 30.2 Å². The first kappa shape index (κ1) is 11.9. The van der Waals surface area contributed by atoms with E-state index in [9.17, 15) is 4.79 Å². The molecule has 2 heteroatoms. The third-order valence-electron chi connectivity index (χ3n) is 3.11. The van der Waals surface area contributed by atoms with Gasteiger partial charge in [0.15, 0.2) is 5.76 Å². The predicted molar refractivity (Wildman–Crippen MR) is 69.5 cm³/mol. The monoisotopic (exact) mass is 230 g/mol. The van der Waals surface area contributed by atoms with Crippen LogP contribution in [0.5, 0.6) is 0 Å². The molecule has 0 bridgehead atoms. The molecule has 2 nitrogen and oxygen atoms in total. The van der Waals surface area contributed by atoms with Crippen molar-refractivity contribution in [2.45, 2.75) is 34.6 Å². The van der Waals surface area contributed by atoms with Gasteiger partial charge >= 0.3 is 0 Å². The lowest BCUT2D eigenvalue weighted by Crippen LogP contribution is -2.19. The lowest BCUT2D eigenvalue weighted by molar-refractivity contribution is 0.0831. The first-order chi connectivity index (χ1) is 7.80. The van der Waals surface area contributed by atoms with Crippen LogP contribution in [0.1, 0.15) is 42.5 Å². The molecule has 0 aliphatic heterocycles. The second kappa shape index (κ2) is 3.73. The maximum atomic E-state index is 12.1. The number of hydrogen-bond acceptors (Lipinski definition) is 2. The third kappa shape index (κ3) is 1.99. The molecule has 2 aromatic rings. The number of rotatable bonds is 1. The maximum absolute atomic E-state index is 12.1. The molecule has 0 amide bonds. The van der Waals surface area contributed by atoms with Gasteiger partial charge < -0.3 is 4.42 Å². The van der Waals surface area contributed by atoms with Crippen molar-refractivity contribution in [1.29, 1.82) is 0 Å². The lowest BCUT2D eigenvalue weighted by atomic mass is 9.89. The molecule has 0 N–H and O–H groups in total. The van der Waals surface area contributed by atoms with Crippen molar-refractivity contribution >= 4 is 16.8 Å². The highest BCUT2D eigenvalue weighted by Gasteiger charge is 2.26. The smallest absolute Gasteiger partial charge is 0.203 e. The Balaban J connectivity index is 2.60. The van der Waals surface area contributed by atoms with Crippen LogP contribution in [0.2, 0.25) is 0 Å². The zero-order valence-electron chi connectivity index (χ0n) is 11.0. The molecule has 1 heterocycles. The fraction of sp³-hybridized carbons (Fsp3) is 0.400. The van der Waals surface area contributed by atoms with Crippen LogP contribution in [0.15, 0.2) is 22.6 Å². The molecule has 2 rings (SSSR count). The van der Waals surface area contributed by atoms with Crippen LogP contribution in [-0.2, 0) is 0 Å². The summed E-state index contributed by atoms with van der Waals surface area (Å²) in [5.74, 6) is 0.506. The van der Waals surface area contributed by atoms with Crippen molar-refractivity contribution in [3.05, 3.63) is 35.1 Å². The average Bonchev–Trinajstić information content (AvgIpc) is 2.65. The quantitative estimate of drug-likeness (QED) is 0.684. The van der Waals surface area contributed by atoms with Crippen molar-refractivity contribution in [3.63, 3.8) is 0 Å². The molecule has 0 saturated carbocycles. The highest BCUT2D eigenvalue weighted by atomic mass is 16.3. The SMILES string of the molecule is Cc1ccc2cc(C(=O)C(C)(C)C)oc2c1C. The molecule has 90 valence electrons. The fourth-order valence-electron chi connectivity index (χ4n) is 1.82. The van der Waals surface area contributed by atoms with E-state index in [1.807, 2.05) is 46.8 Å². The predicted octanol–water partition coefficient (Wildman–Crippen LogP) is 4.28. The molecule has 0 aliphatic carbocycles. The number of hydrogen-bond donors (Lipinski definition) is 0. The Morgan fingerprint density at radius 2 is 1.82 bits per heavy atom. The van der Waals surface area contributed by atoms with Crippen molar-refractivity contribution in [2.75, 3.05) is 0 Å². The van der Waals surface area contributed by atoms with Gasteiger partial charge in [0.25, 0.3) is 0 Å². The highest BCUT2D eigenvalue weighted by molar-refractivity contribution is 6.01. The van der Waals surface area contributed by atoms with Crippen LogP contribution in [0.3, 0.4) is 0 Å². The molecule has 0 unspecified atom stereocenters. The Morgan fingerprint density at radius 1 is 1.18 bits per heavy atom. The Morgan fingerprint density at radius 3 is 2.41 bits per heavy atom. The van der Waals surface area contributed by atoms with Gasteiger partial charge in [-0.15, -0.1) is 0 Å². The van der Waals surface area contributed by atoms with Crippen LogP contribution in [-0.4, -0.2) is 5.78 Å². The molecule has 1 aromatic heterocycles. The van der Waals surface area contributed by atoms with E-state index in [4.69, 9.17) is 4.42 Å². The van der Waals surface area contributed by atoms with Gasteiger partial charge in [-0.05, 0) is 31.0 Å². The average molecular weight is 230 g/mol. The van der Waals surface area contributed by atoms with Gasteiger partial charge in [0.1, 0.15) is 5.58 Å². The van der Waals surface area contributed by atoms with Gasteiger partial charge in [-0.1, -0.05) is 32.9 Å². The Hall–Kier alpha value is -1.57. The second-order valence-electron chi connectivity index (χ2n) is 5.62. The summed E-state index contributed by atoms with van der Waals surface area (Å²) in [6, 6.07) is 5.90. The molecule has 1 aromatic carbocycles. The van der Waals surface area contributed by atoms with E-state index in [-0.39, 0.29) is 5.78 Å². The summed E-state index contributed by atoms with van der Waals surface area (Å²) >= 11 is 0. The van der Waals surface area contributed by atoms with Crippen LogP contribution in [0.25, 0.3) is 11.0 Å². The standard InChI is InChI=1S/C15H18O2/c1-9-6-7-11-8-12(14(16)15(3,4)5)17-13(11)10(9)2/h6-8H,1-5H3. The zero-order valence-corrected chi connectivity index (χ0v) is 11.0. The highest BCUT2D eigenvalue weighted by Crippen LogP contribution is 2.29. The molecular formula is C15H18O2. The lowest BCUT2D eigenvalue weighted by Gasteiger charge is -2.13. The number of aryl methyl sites for hydroxylation is 2. The summed E-state index contributed by atoms with van der Waals surface area (Å²) in [4.78, 5) is 12.1. The normalized spacial score (nSPS) is 12.1. The summed E-state index contributed by atoms with van der Waals surface area (Å²) in [6.07, 6.45) is 0. The van der Waals surface area contributed by atoms with Crippen LogP contribution in [0, 0.1) is 19.3 Å². The molecule has 0 aliphatic rings. The van der Waals surface area contributed by atoms with E-state index in [0.717, 1.165) is 16.5 Å². The van der Waals surface area contributed by atoms with Crippen molar-refractivity contribution in [2.24, 2.45) is 5.41 Å². The van der Waals surface area contributed by atoms with Crippen molar-refractivity contribution in [3.8, 4) is 0 Å². The first-order valence-corrected chi connectivity index (χ1v) is 5.85. The van der Waals surface area contributed by atoms with Crippen molar-refractivity contribution < 1.29 is 9.21 Å².